The lowest BCUT2D eigenvalue weighted by molar-refractivity contribution is 0.838. The van der Waals surface area contributed by atoms with Gasteiger partial charge in [0.05, 0.1) is 0 Å². The zero-order valence-corrected chi connectivity index (χ0v) is 15.8. The van der Waals surface area contributed by atoms with Crippen LogP contribution in [0.5, 0.6) is 0 Å². The standard InChI is InChI=1S/C21H28Si/c1-16(2)22(17(3)4,18(5)6)14-13-19-11-12-20-9-7-8-10-21(20)15-19/h7-12,15-18H,1-6H3. The summed E-state index contributed by atoms with van der Waals surface area (Å²) in [6.45, 7) is 14.2. The van der Waals surface area contributed by atoms with Crippen molar-refractivity contribution in [3.63, 3.8) is 0 Å². The van der Waals surface area contributed by atoms with Crippen LogP contribution in [-0.2, 0) is 0 Å². The molecule has 0 aliphatic rings. The van der Waals surface area contributed by atoms with Crippen LogP contribution in [0.3, 0.4) is 0 Å². The Morgan fingerprint density at radius 3 is 1.82 bits per heavy atom. The number of rotatable bonds is 3. The van der Waals surface area contributed by atoms with Crippen LogP contribution in [0.15, 0.2) is 42.5 Å². The second-order valence-corrected chi connectivity index (χ2v) is 12.8. The lowest BCUT2D eigenvalue weighted by atomic mass is 10.1. The molecule has 2 aromatic carbocycles. The zero-order chi connectivity index (χ0) is 16.3. The van der Waals surface area contributed by atoms with Crippen molar-refractivity contribution < 1.29 is 0 Å². The molecule has 1 heteroatoms. The Bertz CT molecular complexity index is 677. The number of hydrogen-bond acceptors (Lipinski definition) is 0. The average molecular weight is 309 g/mol. The third-order valence-corrected chi connectivity index (χ3v) is 11.3. The Morgan fingerprint density at radius 2 is 1.27 bits per heavy atom. The van der Waals surface area contributed by atoms with Gasteiger partial charge in [-0.15, -0.1) is 5.54 Å². The number of hydrogen-bond donors (Lipinski definition) is 0. The summed E-state index contributed by atoms with van der Waals surface area (Å²) in [7, 11) is -1.64. The number of benzene rings is 2. The van der Waals surface area contributed by atoms with Crippen LogP contribution in [0.1, 0.15) is 47.1 Å². The first kappa shape index (κ1) is 16.8. The van der Waals surface area contributed by atoms with Crippen LogP contribution in [0.4, 0.5) is 0 Å². The van der Waals surface area contributed by atoms with E-state index in [0.29, 0.717) is 16.6 Å². The van der Waals surface area contributed by atoms with E-state index in [9.17, 15) is 0 Å². The molecule has 0 fully saturated rings. The highest BCUT2D eigenvalue weighted by atomic mass is 28.3. The SMILES string of the molecule is CC(C)[Si](C#Cc1ccc2ccccc2c1)(C(C)C)C(C)C. The summed E-state index contributed by atoms with van der Waals surface area (Å²) in [5.74, 6) is 3.53. The molecular weight excluding hydrogens is 280 g/mol. The molecular formula is C21H28Si. The van der Waals surface area contributed by atoms with Crippen molar-refractivity contribution in [2.24, 2.45) is 0 Å². The van der Waals surface area contributed by atoms with E-state index in [2.05, 4.69) is 95.5 Å². The smallest absolute Gasteiger partial charge is 0.125 e. The molecule has 0 aliphatic heterocycles. The molecule has 0 heterocycles. The molecule has 0 atom stereocenters. The fourth-order valence-corrected chi connectivity index (χ4v) is 9.11. The summed E-state index contributed by atoms with van der Waals surface area (Å²) in [5.41, 5.74) is 6.99. The van der Waals surface area contributed by atoms with Crippen LogP contribution in [0, 0.1) is 11.5 Å². The lowest BCUT2D eigenvalue weighted by Gasteiger charge is -2.38. The first-order valence-corrected chi connectivity index (χ1v) is 10.6. The van der Waals surface area contributed by atoms with Gasteiger partial charge in [-0.1, -0.05) is 77.8 Å². The normalized spacial score (nSPS) is 12.0. The van der Waals surface area contributed by atoms with E-state index in [0.717, 1.165) is 5.56 Å². The lowest BCUT2D eigenvalue weighted by Crippen LogP contribution is -2.43. The quantitative estimate of drug-likeness (QED) is 0.454. The van der Waals surface area contributed by atoms with Crippen molar-refractivity contribution in [3.8, 4) is 11.5 Å². The van der Waals surface area contributed by atoms with Gasteiger partial charge in [-0.3, -0.25) is 0 Å². The van der Waals surface area contributed by atoms with Crippen molar-refractivity contribution in [2.45, 2.75) is 58.2 Å². The minimum atomic E-state index is -1.64. The third-order valence-electron chi connectivity index (χ3n) is 5.04. The topological polar surface area (TPSA) is 0 Å². The van der Waals surface area contributed by atoms with Gasteiger partial charge in [0.25, 0.3) is 0 Å². The van der Waals surface area contributed by atoms with E-state index in [1.807, 2.05) is 0 Å². The molecule has 0 aliphatic carbocycles. The maximum atomic E-state index is 3.80. The molecule has 0 nitrogen and oxygen atoms in total. The summed E-state index contributed by atoms with van der Waals surface area (Å²) in [4.78, 5) is 0. The molecule has 0 spiro atoms. The Hall–Kier alpha value is -1.52. The van der Waals surface area contributed by atoms with Gasteiger partial charge in [0.2, 0.25) is 0 Å². The minimum Gasteiger partial charge on any atom is -0.125 e. The van der Waals surface area contributed by atoms with Crippen LogP contribution >= 0.6 is 0 Å². The molecule has 0 bridgehead atoms. The summed E-state index contributed by atoms with van der Waals surface area (Å²) < 4.78 is 0. The Balaban J connectivity index is 2.47. The average Bonchev–Trinajstić information content (AvgIpc) is 2.46. The Morgan fingerprint density at radius 1 is 0.727 bits per heavy atom. The zero-order valence-electron chi connectivity index (χ0n) is 14.8. The van der Waals surface area contributed by atoms with E-state index in [1.165, 1.54) is 10.8 Å². The molecule has 0 unspecified atom stereocenters. The fourth-order valence-electron chi connectivity index (χ4n) is 3.88. The molecule has 0 radical (unpaired) electrons. The van der Waals surface area contributed by atoms with Crippen molar-refractivity contribution in [1.82, 2.24) is 0 Å². The highest BCUT2D eigenvalue weighted by Crippen LogP contribution is 2.40. The van der Waals surface area contributed by atoms with Crippen molar-refractivity contribution in [3.05, 3.63) is 48.0 Å². The van der Waals surface area contributed by atoms with Crippen LogP contribution in [-0.4, -0.2) is 8.07 Å². The molecule has 116 valence electrons. The van der Waals surface area contributed by atoms with E-state index in [4.69, 9.17) is 0 Å². The summed E-state index contributed by atoms with van der Waals surface area (Å²) in [6, 6.07) is 15.1. The van der Waals surface area contributed by atoms with E-state index < -0.39 is 8.07 Å². The molecule has 2 aromatic rings. The molecule has 22 heavy (non-hydrogen) atoms. The maximum absolute atomic E-state index is 3.80. The highest BCUT2D eigenvalue weighted by Gasteiger charge is 2.41. The second-order valence-electron chi connectivity index (χ2n) is 7.21. The van der Waals surface area contributed by atoms with E-state index in [1.54, 1.807) is 0 Å². The largest absolute Gasteiger partial charge is 0.146 e. The molecule has 0 N–H and O–H groups in total. The fraction of sp³-hybridized carbons (Fsp3) is 0.429. The molecule has 2 rings (SSSR count). The predicted molar refractivity (Wildman–Crippen MR) is 102 cm³/mol. The second kappa shape index (κ2) is 6.71. The van der Waals surface area contributed by atoms with Gasteiger partial charge in [-0.05, 0) is 39.5 Å². The summed E-state index contributed by atoms with van der Waals surface area (Å²) in [5, 5.41) is 2.56. The van der Waals surface area contributed by atoms with E-state index in [-0.39, 0.29) is 0 Å². The van der Waals surface area contributed by atoms with Crippen molar-refractivity contribution >= 4 is 18.8 Å². The maximum Gasteiger partial charge on any atom is 0.146 e. The van der Waals surface area contributed by atoms with Crippen molar-refractivity contribution in [2.75, 3.05) is 0 Å². The predicted octanol–water partition coefficient (Wildman–Crippen LogP) is 6.41. The van der Waals surface area contributed by atoms with Gasteiger partial charge in [0, 0.05) is 5.56 Å². The number of fused-ring (bicyclic) bond motifs is 1. The monoisotopic (exact) mass is 308 g/mol. The van der Waals surface area contributed by atoms with Crippen LogP contribution in [0.2, 0.25) is 16.6 Å². The van der Waals surface area contributed by atoms with Gasteiger partial charge in [-0.2, -0.15) is 0 Å². The molecule has 0 saturated heterocycles. The van der Waals surface area contributed by atoms with Gasteiger partial charge in [0.1, 0.15) is 8.07 Å². The Kier molecular flexibility index (Phi) is 5.14. The minimum absolute atomic E-state index is 0.681. The molecule has 0 aromatic heterocycles. The van der Waals surface area contributed by atoms with Gasteiger partial charge >= 0.3 is 0 Å². The van der Waals surface area contributed by atoms with Gasteiger partial charge in [0.15, 0.2) is 0 Å². The third kappa shape index (κ3) is 3.13. The summed E-state index contributed by atoms with van der Waals surface area (Å²) >= 11 is 0. The first-order valence-electron chi connectivity index (χ1n) is 8.40. The highest BCUT2D eigenvalue weighted by molar-refractivity contribution is 6.90. The summed E-state index contributed by atoms with van der Waals surface area (Å²) in [6.07, 6.45) is 0. The van der Waals surface area contributed by atoms with Crippen LogP contribution in [0.25, 0.3) is 10.8 Å². The van der Waals surface area contributed by atoms with E-state index >= 15 is 0 Å². The van der Waals surface area contributed by atoms with Crippen molar-refractivity contribution in [1.29, 1.82) is 0 Å². The Labute approximate surface area is 137 Å². The van der Waals surface area contributed by atoms with Gasteiger partial charge in [-0.25, -0.2) is 0 Å². The van der Waals surface area contributed by atoms with Gasteiger partial charge < -0.3 is 0 Å². The first-order chi connectivity index (χ1) is 10.4. The molecule has 0 saturated carbocycles. The molecule has 0 amide bonds. The van der Waals surface area contributed by atoms with Crippen LogP contribution < -0.4 is 0 Å².